The van der Waals surface area contributed by atoms with Gasteiger partial charge in [-0.1, -0.05) is 38.1 Å². The molecule has 0 radical (unpaired) electrons. The van der Waals surface area contributed by atoms with Crippen LogP contribution in [-0.4, -0.2) is 6.04 Å². The molecule has 2 aromatic rings. The highest BCUT2D eigenvalue weighted by Gasteiger charge is 2.06. The van der Waals surface area contributed by atoms with E-state index in [-0.39, 0.29) is 0 Å². The van der Waals surface area contributed by atoms with Crippen molar-refractivity contribution in [1.82, 2.24) is 5.32 Å². The van der Waals surface area contributed by atoms with Crippen LogP contribution in [0, 0.1) is 6.92 Å². The molecule has 0 amide bonds. The number of ether oxygens (including phenoxy) is 1. The van der Waals surface area contributed by atoms with E-state index in [0.29, 0.717) is 6.04 Å². The van der Waals surface area contributed by atoms with Gasteiger partial charge < -0.3 is 10.1 Å². The number of hydrogen-bond acceptors (Lipinski definition) is 2. The standard InChI is InChI=1S/C17H20BrNO/c1-12(2)19-11-14-8-9-17(15(18)10-14)20-16-7-5-4-6-13(16)3/h4-10,12,19H,11H2,1-3H3. The normalized spacial score (nSPS) is 10.8. The smallest absolute Gasteiger partial charge is 0.141 e. The van der Waals surface area contributed by atoms with Crippen LogP contribution in [0.3, 0.4) is 0 Å². The Kier molecular flexibility index (Phi) is 5.21. The monoisotopic (exact) mass is 333 g/mol. The molecule has 0 spiro atoms. The van der Waals surface area contributed by atoms with Gasteiger partial charge in [0, 0.05) is 12.6 Å². The molecule has 106 valence electrons. The van der Waals surface area contributed by atoms with Gasteiger partial charge in [0.15, 0.2) is 0 Å². The number of rotatable bonds is 5. The first-order valence-corrected chi connectivity index (χ1v) is 7.61. The van der Waals surface area contributed by atoms with Crippen molar-refractivity contribution in [3.8, 4) is 11.5 Å². The first kappa shape index (κ1) is 15.1. The number of hydrogen-bond donors (Lipinski definition) is 1. The van der Waals surface area contributed by atoms with Gasteiger partial charge in [0.05, 0.1) is 4.47 Å². The van der Waals surface area contributed by atoms with E-state index in [2.05, 4.69) is 47.2 Å². The summed E-state index contributed by atoms with van der Waals surface area (Å²) in [5.41, 5.74) is 2.37. The molecule has 0 bridgehead atoms. The van der Waals surface area contributed by atoms with Gasteiger partial charge in [0.2, 0.25) is 0 Å². The van der Waals surface area contributed by atoms with Crippen molar-refractivity contribution in [3.05, 3.63) is 58.1 Å². The molecule has 2 rings (SSSR count). The number of aryl methyl sites for hydroxylation is 1. The van der Waals surface area contributed by atoms with Crippen LogP contribution in [-0.2, 0) is 6.54 Å². The lowest BCUT2D eigenvalue weighted by Gasteiger charge is -2.12. The van der Waals surface area contributed by atoms with Crippen molar-refractivity contribution < 1.29 is 4.74 Å². The summed E-state index contributed by atoms with van der Waals surface area (Å²) in [7, 11) is 0. The van der Waals surface area contributed by atoms with E-state index in [1.807, 2.05) is 37.3 Å². The summed E-state index contributed by atoms with van der Waals surface area (Å²) in [6.07, 6.45) is 0. The minimum absolute atomic E-state index is 0.483. The third-order valence-corrected chi connectivity index (χ3v) is 3.64. The Bertz CT molecular complexity index is 581. The molecule has 0 aliphatic carbocycles. The fourth-order valence-corrected chi connectivity index (χ4v) is 2.36. The van der Waals surface area contributed by atoms with Gasteiger partial charge in [-0.3, -0.25) is 0 Å². The van der Waals surface area contributed by atoms with Crippen LogP contribution in [0.4, 0.5) is 0 Å². The van der Waals surface area contributed by atoms with Crippen LogP contribution in [0.15, 0.2) is 46.9 Å². The minimum atomic E-state index is 0.483. The molecule has 0 saturated carbocycles. The molecule has 0 aliphatic rings. The molecule has 0 saturated heterocycles. The van der Waals surface area contributed by atoms with Crippen molar-refractivity contribution in [3.63, 3.8) is 0 Å². The topological polar surface area (TPSA) is 21.3 Å². The van der Waals surface area contributed by atoms with Crippen molar-refractivity contribution in [1.29, 1.82) is 0 Å². The molecule has 0 aromatic heterocycles. The Morgan fingerprint density at radius 2 is 1.85 bits per heavy atom. The van der Waals surface area contributed by atoms with Crippen LogP contribution in [0.2, 0.25) is 0 Å². The molecular weight excluding hydrogens is 314 g/mol. The Labute approximate surface area is 129 Å². The summed E-state index contributed by atoms with van der Waals surface area (Å²) in [5.74, 6) is 1.73. The molecule has 2 aromatic carbocycles. The van der Waals surface area contributed by atoms with Crippen molar-refractivity contribution in [2.45, 2.75) is 33.4 Å². The maximum atomic E-state index is 5.95. The zero-order valence-corrected chi connectivity index (χ0v) is 13.7. The van der Waals surface area contributed by atoms with E-state index in [9.17, 15) is 0 Å². The fourth-order valence-electron chi connectivity index (χ4n) is 1.85. The predicted molar refractivity (Wildman–Crippen MR) is 87.4 cm³/mol. The molecule has 2 nitrogen and oxygen atoms in total. The van der Waals surface area contributed by atoms with Gasteiger partial charge in [-0.25, -0.2) is 0 Å². The summed E-state index contributed by atoms with van der Waals surface area (Å²) < 4.78 is 6.93. The zero-order chi connectivity index (χ0) is 14.5. The van der Waals surface area contributed by atoms with E-state index in [4.69, 9.17) is 4.74 Å². The molecule has 1 N–H and O–H groups in total. The SMILES string of the molecule is Cc1ccccc1Oc1ccc(CNC(C)C)cc1Br. The first-order chi connectivity index (χ1) is 9.56. The summed E-state index contributed by atoms with van der Waals surface area (Å²) in [6, 6.07) is 14.7. The molecule has 3 heteroatoms. The van der Waals surface area contributed by atoms with E-state index in [0.717, 1.165) is 28.1 Å². The van der Waals surface area contributed by atoms with E-state index in [1.54, 1.807) is 0 Å². The Balaban J connectivity index is 2.12. The molecule has 0 atom stereocenters. The maximum Gasteiger partial charge on any atom is 0.141 e. The minimum Gasteiger partial charge on any atom is -0.456 e. The number of nitrogens with one attached hydrogen (secondary N) is 1. The van der Waals surface area contributed by atoms with Gasteiger partial charge in [0.1, 0.15) is 11.5 Å². The quantitative estimate of drug-likeness (QED) is 0.826. The van der Waals surface area contributed by atoms with E-state index in [1.165, 1.54) is 5.56 Å². The number of halogens is 1. The molecule has 0 aliphatic heterocycles. The van der Waals surface area contributed by atoms with Crippen LogP contribution in [0.5, 0.6) is 11.5 Å². The Morgan fingerprint density at radius 3 is 2.50 bits per heavy atom. The fraction of sp³-hybridized carbons (Fsp3) is 0.294. The number of para-hydroxylation sites is 1. The average molecular weight is 334 g/mol. The third-order valence-electron chi connectivity index (χ3n) is 3.02. The molecule has 0 unspecified atom stereocenters. The highest BCUT2D eigenvalue weighted by Crippen LogP contribution is 2.31. The van der Waals surface area contributed by atoms with Crippen molar-refractivity contribution >= 4 is 15.9 Å². The Hall–Kier alpha value is -1.32. The van der Waals surface area contributed by atoms with Crippen LogP contribution < -0.4 is 10.1 Å². The average Bonchev–Trinajstić information content (AvgIpc) is 2.41. The van der Waals surface area contributed by atoms with Crippen molar-refractivity contribution in [2.75, 3.05) is 0 Å². The molecular formula is C17H20BrNO. The van der Waals surface area contributed by atoms with Crippen LogP contribution in [0.1, 0.15) is 25.0 Å². The van der Waals surface area contributed by atoms with Gasteiger partial charge in [-0.05, 0) is 52.2 Å². The summed E-state index contributed by atoms with van der Waals surface area (Å²) in [4.78, 5) is 0. The van der Waals surface area contributed by atoms with Gasteiger partial charge in [-0.15, -0.1) is 0 Å². The second-order valence-corrected chi connectivity index (χ2v) is 6.02. The largest absolute Gasteiger partial charge is 0.456 e. The van der Waals surface area contributed by atoms with E-state index >= 15 is 0 Å². The highest BCUT2D eigenvalue weighted by molar-refractivity contribution is 9.10. The van der Waals surface area contributed by atoms with Crippen LogP contribution >= 0.6 is 15.9 Å². The maximum absolute atomic E-state index is 5.95. The lowest BCUT2D eigenvalue weighted by molar-refractivity contribution is 0.475. The molecule has 0 heterocycles. The molecule has 20 heavy (non-hydrogen) atoms. The zero-order valence-electron chi connectivity index (χ0n) is 12.1. The summed E-state index contributed by atoms with van der Waals surface area (Å²) in [6.45, 7) is 7.19. The van der Waals surface area contributed by atoms with Gasteiger partial charge in [-0.2, -0.15) is 0 Å². The van der Waals surface area contributed by atoms with E-state index < -0.39 is 0 Å². The lowest BCUT2D eigenvalue weighted by atomic mass is 10.2. The Morgan fingerprint density at radius 1 is 1.10 bits per heavy atom. The van der Waals surface area contributed by atoms with Crippen molar-refractivity contribution in [2.24, 2.45) is 0 Å². The van der Waals surface area contributed by atoms with Gasteiger partial charge in [0.25, 0.3) is 0 Å². The summed E-state index contributed by atoms with van der Waals surface area (Å²) >= 11 is 3.58. The first-order valence-electron chi connectivity index (χ1n) is 6.81. The second kappa shape index (κ2) is 6.91. The predicted octanol–water partition coefficient (Wildman–Crippen LogP) is 5.05. The lowest BCUT2D eigenvalue weighted by Crippen LogP contribution is -2.21. The summed E-state index contributed by atoms with van der Waals surface area (Å²) in [5, 5.41) is 3.41. The molecule has 0 fully saturated rings. The highest BCUT2D eigenvalue weighted by atomic mass is 79.9. The number of benzene rings is 2. The van der Waals surface area contributed by atoms with Crippen LogP contribution in [0.25, 0.3) is 0 Å². The second-order valence-electron chi connectivity index (χ2n) is 5.17. The third kappa shape index (κ3) is 4.09. The van der Waals surface area contributed by atoms with Gasteiger partial charge >= 0.3 is 0 Å².